The van der Waals surface area contributed by atoms with E-state index in [9.17, 15) is 14.3 Å². The molecule has 1 amide bonds. The number of rotatable bonds is 4. The van der Waals surface area contributed by atoms with Crippen molar-refractivity contribution in [3.05, 3.63) is 24.0 Å². The lowest BCUT2D eigenvalue weighted by Crippen LogP contribution is -2.38. The van der Waals surface area contributed by atoms with Crippen molar-refractivity contribution in [2.24, 2.45) is 11.0 Å². The second kappa shape index (κ2) is 6.54. The van der Waals surface area contributed by atoms with E-state index >= 15 is 0 Å². The first kappa shape index (κ1) is 15.7. The number of hydrogen-bond acceptors (Lipinski definition) is 5. The fraction of sp³-hybridized carbons (Fsp3) is 0.500. The minimum atomic E-state index is -0.376. The lowest BCUT2D eigenvalue weighted by atomic mass is 10.1. The molecule has 2 heterocycles. The van der Waals surface area contributed by atoms with Gasteiger partial charge in [0.15, 0.2) is 0 Å². The topological polar surface area (TPSA) is 59.4 Å². The molecule has 1 fully saturated rings. The van der Waals surface area contributed by atoms with Crippen LogP contribution in [0.25, 0.3) is 0 Å². The number of carbonyl (C=O) groups is 1. The molecule has 3 rings (SSSR count). The van der Waals surface area contributed by atoms with E-state index in [2.05, 4.69) is 5.10 Å². The van der Waals surface area contributed by atoms with Gasteiger partial charge in [0.25, 0.3) is 0 Å². The average Bonchev–Trinajstić information content (AvgIpc) is 2.96. The predicted molar refractivity (Wildman–Crippen MR) is 87.0 cm³/mol. The Bertz CT molecular complexity index is 622. The van der Waals surface area contributed by atoms with Crippen molar-refractivity contribution in [3.8, 4) is 0 Å². The Morgan fingerprint density at radius 1 is 1.39 bits per heavy atom. The number of aliphatic hydroxyl groups excluding tert-OH is 1. The van der Waals surface area contributed by atoms with Gasteiger partial charge in [-0.3, -0.25) is 9.80 Å². The summed E-state index contributed by atoms with van der Waals surface area (Å²) in [5.74, 6) is -0.520. The standard InChI is InChI=1S/C16H21FN4O2/c1-2-20-6-5-19(11-18-20)15-4-3-13(8-14(15)17)21-9-12(10-22)7-16(21)23/h3-4,8,11-12,22H,2,5-7,9-10H2,1H3. The molecule has 1 saturated heterocycles. The van der Waals surface area contributed by atoms with Crippen molar-refractivity contribution in [2.45, 2.75) is 13.3 Å². The van der Waals surface area contributed by atoms with Crippen molar-refractivity contribution in [2.75, 3.05) is 42.6 Å². The molecule has 0 radical (unpaired) electrons. The lowest BCUT2D eigenvalue weighted by molar-refractivity contribution is -0.117. The molecule has 7 heteroatoms. The molecule has 2 aliphatic rings. The first-order chi connectivity index (χ1) is 11.1. The van der Waals surface area contributed by atoms with Gasteiger partial charge in [0, 0.05) is 44.3 Å². The molecule has 1 N–H and O–H groups in total. The second-order valence-corrected chi connectivity index (χ2v) is 5.86. The van der Waals surface area contributed by atoms with E-state index in [1.165, 1.54) is 11.0 Å². The van der Waals surface area contributed by atoms with E-state index < -0.39 is 0 Å². The highest BCUT2D eigenvalue weighted by Crippen LogP contribution is 2.29. The SMILES string of the molecule is CCN1CCN(c2ccc(N3CC(CO)CC3=O)cc2F)C=N1. The van der Waals surface area contributed by atoms with Gasteiger partial charge < -0.3 is 14.9 Å². The number of hydrogen-bond donors (Lipinski definition) is 1. The largest absolute Gasteiger partial charge is 0.396 e. The van der Waals surface area contributed by atoms with Crippen molar-refractivity contribution in [1.29, 1.82) is 0 Å². The Hall–Kier alpha value is -2.15. The van der Waals surface area contributed by atoms with Crippen LogP contribution in [0.15, 0.2) is 23.3 Å². The molecule has 1 aromatic rings. The second-order valence-electron chi connectivity index (χ2n) is 5.86. The number of benzene rings is 1. The molecule has 124 valence electrons. The zero-order chi connectivity index (χ0) is 16.4. The van der Waals surface area contributed by atoms with Crippen LogP contribution in [0.5, 0.6) is 0 Å². The fourth-order valence-electron chi connectivity index (χ4n) is 2.95. The molecule has 0 spiro atoms. The van der Waals surface area contributed by atoms with Crippen molar-refractivity contribution < 1.29 is 14.3 Å². The maximum atomic E-state index is 14.5. The van der Waals surface area contributed by atoms with Crippen LogP contribution in [0.2, 0.25) is 0 Å². The van der Waals surface area contributed by atoms with Crippen molar-refractivity contribution >= 4 is 23.6 Å². The number of likely N-dealkylation sites (N-methyl/N-ethyl adjacent to an activating group) is 1. The van der Waals surface area contributed by atoms with E-state index in [0.29, 0.717) is 30.9 Å². The molecular formula is C16H21FN4O2. The minimum absolute atomic E-state index is 0.0268. The maximum Gasteiger partial charge on any atom is 0.227 e. The quantitative estimate of drug-likeness (QED) is 0.907. The highest BCUT2D eigenvalue weighted by atomic mass is 19.1. The Morgan fingerprint density at radius 3 is 2.78 bits per heavy atom. The summed E-state index contributed by atoms with van der Waals surface area (Å²) in [4.78, 5) is 15.3. The van der Waals surface area contributed by atoms with Crippen LogP contribution in [0.3, 0.4) is 0 Å². The van der Waals surface area contributed by atoms with Gasteiger partial charge in [0.1, 0.15) is 12.2 Å². The van der Waals surface area contributed by atoms with E-state index in [0.717, 1.165) is 13.1 Å². The number of nitrogens with zero attached hydrogens (tertiary/aromatic N) is 4. The van der Waals surface area contributed by atoms with Crippen molar-refractivity contribution in [3.63, 3.8) is 0 Å². The molecule has 1 unspecified atom stereocenters. The zero-order valence-corrected chi connectivity index (χ0v) is 13.2. The van der Waals surface area contributed by atoms with Gasteiger partial charge >= 0.3 is 0 Å². The molecule has 0 aliphatic carbocycles. The van der Waals surface area contributed by atoms with Gasteiger partial charge in [-0.25, -0.2) is 4.39 Å². The molecule has 0 bridgehead atoms. The molecule has 0 aromatic heterocycles. The van der Waals surface area contributed by atoms with Crippen LogP contribution in [0.1, 0.15) is 13.3 Å². The zero-order valence-electron chi connectivity index (χ0n) is 13.2. The first-order valence-corrected chi connectivity index (χ1v) is 7.88. The summed E-state index contributed by atoms with van der Waals surface area (Å²) in [5, 5.41) is 15.4. The third-order valence-corrected chi connectivity index (χ3v) is 4.33. The summed E-state index contributed by atoms with van der Waals surface area (Å²) >= 11 is 0. The number of hydrazone groups is 1. The summed E-state index contributed by atoms with van der Waals surface area (Å²) < 4.78 is 14.5. The number of aliphatic hydroxyl groups is 1. The maximum absolute atomic E-state index is 14.5. The summed E-state index contributed by atoms with van der Waals surface area (Å²) in [5.41, 5.74) is 0.995. The van der Waals surface area contributed by atoms with E-state index in [1.54, 1.807) is 23.4 Å². The Balaban J connectivity index is 1.78. The van der Waals surface area contributed by atoms with Crippen LogP contribution < -0.4 is 9.80 Å². The molecule has 0 saturated carbocycles. The summed E-state index contributed by atoms with van der Waals surface area (Å²) in [7, 11) is 0. The van der Waals surface area contributed by atoms with E-state index in [1.807, 2.05) is 11.9 Å². The smallest absolute Gasteiger partial charge is 0.227 e. The highest BCUT2D eigenvalue weighted by molar-refractivity contribution is 5.96. The van der Waals surface area contributed by atoms with Gasteiger partial charge in [-0.05, 0) is 25.1 Å². The predicted octanol–water partition coefficient (Wildman–Crippen LogP) is 1.26. The normalized spacial score (nSPS) is 21.4. The third kappa shape index (κ3) is 3.14. The molecule has 2 aliphatic heterocycles. The molecule has 1 aromatic carbocycles. The Morgan fingerprint density at radius 2 is 2.22 bits per heavy atom. The third-order valence-electron chi connectivity index (χ3n) is 4.33. The first-order valence-electron chi connectivity index (χ1n) is 7.88. The van der Waals surface area contributed by atoms with Crippen molar-refractivity contribution in [1.82, 2.24) is 5.01 Å². The Labute approximate surface area is 134 Å². The van der Waals surface area contributed by atoms with Gasteiger partial charge in [-0.1, -0.05) is 0 Å². The van der Waals surface area contributed by atoms with Crippen LogP contribution in [-0.4, -0.2) is 55.1 Å². The van der Waals surface area contributed by atoms with Crippen LogP contribution >= 0.6 is 0 Å². The number of amides is 1. The summed E-state index contributed by atoms with van der Waals surface area (Å²) in [6.07, 6.45) is 1.94. The lowest BCUT2D eigenvalue weighted by Gasteiger charge is -2.29. The van der Waals surface area contributed by atoms with E-state index in [-0.39, 0.29) is 24.2 Å². The van der Waals surface area contributed by atoms with Crippen LogP contribution in [0.4, 0.5) is 15.8 Å². The number of carbonyl (C=O) groups excluding carboxylic acids is 1. The molecule has 6 nitrogen and oxygen atoms in total. The average molecular weight is 320 g/mol. The molecule has 23 heavy (non-hydrogen) atoms. The minimum Gasteiger partial charge on any atom is -0.396 e. The Kier molecular flexibility index (Phi) is 4.47. The monoisotopic (exact) mass is 320 g/mol. The molecular weight excluding hydrogens is 299 g/mol. The molecule has 1 atom stereocenters. The highest BCUT2D eigenvalue weighted by Gasteiger charge is 2.30. The summed E-state index contributed by atoms with van der Waals surface area (Å²) in [6, 6.07) is 4.81. The van der Waals surface area contributed by atoms with Gasteiger partial charge in [0.05, 0.1) is 12.2 Å². The van der Waals surface area contributed by atoms with Gasteiger partial charge in [0.2, 0.25) is 5.91 Å². The van der Waals surface area contributed by atoms with Gasteiger partial charge in [-0.2, -0.15) is 5.10 Å². The van der Waals surface area contributed by atoms with Gasteiger partial charge in [-0.15, -0.1) is 0 Å². The number of halogens is 1. The fourth-order valence-corrected chi connectivity index (χ4v) is 2.95. The van der Waals surface area contributed by atoms with E-state index in [4.69, 9.17) is 0 Å². The van der Waals surface area contributed by atoms with Crippen LogP contribution in [-0.2, 0) is 4.79 Å². The number of anilines is 2. The summed E-state index contributed by atoms with van der Waals surface area (Å²) in [6.45, 7) is 4.68. The van der Waals surface area contributed by atoms with Crippen LogP contribution in [0, 0.1) is 11.7 Å².